The second-order valence-corrected chi connectivity index (χ2v) is 7.93. The molecule has 1 fully saturated rings. The molecule has 0 aromatic heterocycles. The van der Waals surface area contributed by atoms with E-state index in [4.69, 9.17) is 5.26 Å². The SMILES string of the molecule is N#Cc1ccc(N2CCCN(C(=O)c3ccc4c(c3)C(=O)c3ccccc3-4)CC2)cc1. The summed E-state index contributed by atoms with van der Waals surface area (Å²) in [7, 11) is 0. The molecule has 0 radical (unpaired) electrons. The van der Waals surface area contributed by atoms with Gasteiger partial charge in [0.05, 0.1) is 11.6 Å². The third-order valence-electron chi connectivity index (χ3n) is 6.12. The summed E-state index contributed by atoms with van der Waals surface area (Å²) in [6.45, 7) is 2.88. The topological polar surface area (TPSA) is 64.4 Å². The van der Waals surface area contributed by atoms with Crippen LogP contribution in [-0.2, 0) is 0 Å². The number of carbonyl (C=O) groups is 2. The molecular formula is C26H21N3O2. The van der Waals surface area contributed by atoms with Crippen LogP contribution in [0.15, 0.2) is 66.7 Å². The number of rotatable bonds is 2. The fourth-order valence-electron chi connectivity index (χ4n) is 4.47. The van der Waals surface area contributed by atoms with Crippen molar-refractivity contribution in [1.82, 2.24) is 4.90 Å². The lowest BCUT2D eigenvalue weighted by molar-refractivity contribution is 0.0767. The molecule has 1 aliphatic carbocycles. The molecule has 3 aromatic rings. The molecule has 31 heavy (non-hydrogen) atoms. The van der Waals surface area contributed by atoms with E-state index in [1.165, 1.54) is 0 Å². The summed E-state index contributed by atoms with van der Waals surface area (Å²) in [4.78, 5) is 30.1. The van der Waals surface area contributed by atoms with Crippen LogP contribution in [0.25, 0.3) is 11.1 Å². The molecule has 0 atom stereocenters. The van der Waals surface area contributed by atoms with Gasteiger partial charge in [-0.1, -0.05) is 30.3 Å². The van der Waals surface area contributed by atoms with Gasteiger partial charge in [0.15, 0.2) is 5.78 Å². The molecule has 5 heteroatoms. The first-order chi connectivity index (χ1) is 15.2. The summed E-state index contributed by atoms with van der Waals surface area (Å²) in [5.41, 5.74) is 5.43. The van der Waals surface area contributed by atoms with Gasteiger partial charge < -0.3 is 9.80 Å². The molecule has 0 bridgehead atoms. The van der Waals surface area contributed by atoms with Gasteiger partial charge in [-0.15, -0.1) is 0 Å². The van der Waals surface area contributed by atoms with E-state index in [-0.39, 0.29) is 11.7 Å². The maximum absolute atomic E-state index is 13.2. The Labute approximate surface area is 181 Å². The van der Waals surface area contributed by atoms with Gasteiger partial charge >= 0.3 is 0 Å². The second-order valence-electron chi connectivity index (χ2n) is 7.93. The van der Waals surface area contributed by atoms with Crippen molar-refractivity contribution >= 4 is 17.4 Å². The molecule has 1 aliphatic heterocycles. The number of ketones is 1. The lowest BCUT2D eigenvalue weighted by atomic mass is 10.0. The molecule has 3 aromatic carbocycles. The van der Waals surface area contributed by atoms with Crippen molar-refractivity contribution in [2.45, 2.75) is 6.42 Å². The van der Waals surface area contributed by atoms with Gasteiger partial charge in [-0.3, -0.25) is 9.59 Å². The number of amides is 1. The Morgan fingerprint density at radius 2 is 1.55 bits per heavy atom. The Bertz CT molecular complexity index is 1220. The summed E-state index contributed by atoms with van der Waals surface area (Å²) >= 11 is 0. The molecular weight excluding hydrogens is 386 g/mol. The average Bonchev–Trinajstić information content (AvgIpc) is 2.97. The average molecular weight is 407 g/mol. The summed E-state index contributed by atoms with van der Waals surface area (Å²) in [5, 5.41) is 8.98. The van der Waals surface area contributed by atoms with Gasteiger partial charge in [-0.05, 0) is 53.9 Å². The molecule has 152 valence electrons. The third kappa shape index (κ3) is 3.36. The van der Waals surface area contributed by atoms with E-state index < -0.39 is 0 Å². The van der Waals surface area contributed by atoms with Crippen LogP contribution < -0.4 is 4.90 Å². The van der Waals surface area contributed by atoms with Gasteiger partial charge in [0, 0.05) is 48.6 Å². The fraction of sp³-hybridized carbons (Fsp3) is 0.192. The van der Waals surface area contributed by atoms with E-state index in [2.05, 4.69) is 11.0 Å². The van der Waals surface area contributed by atoms with Gasteiger partial charge in [0.2, 0.25) is 0 Å². The van der Waals surface area contributed by atoms with Crippen molar-refractivity contribution in [2.75, 3.05) is 31.1 Å². The number of nitriles is 1. The molecule has 1 heterocycles. The van der Waals surface area contributed by atoms with E-state index in [9.17, 15) is 9.59 Å². The minimum Gasteiger partial charge on any atom is -0.370 e. The van der Waals surface area contributed by atoms with Crippen LogP contribution in [0.2, 0.25) is 0 Å². The highest BCUT2D eigenvalue weighted by Crippen LogP contribution is 2.36. The minimum absolute atomic E-state index is 0.0110. The highest BCUT2D eigenvalue weighted by molar-refractivity contribution is 6.22. The smallest absolute Gasteiger partial charge is 0.253 e. The standard InChI is InChI=1S/C26H21N3O2/c27-17-18-6-9-20(10-7-18)28-12-3-13-29(15-14-28)26(31)19-8-11-22-21-4-1-2-5-23(21)25(30)24(22)16-19/h1-2,4-11,16H,3,12-15H2. The van der Waals surface area contributed by atoms with Crippen LogP contribution in [-0.4, -0.2) is 42.8 Å². The van der Waals surface area contributed by atoms with Gasteiger partial charge in [0.25, 0.3) is 5.91 Å². The molecule has 0 spiro atoms. The Balaban J connectivity index is 1.33. The lowest BCUT2D eigenvalue weighted by Gasteiger charge is -2.24. The molecule has 1 saturated heterocycles. The minimum atomic E-state index is -0.0340. The number of benzene rings is 3. The molecule has 0 N–H and O–H groups in total. The van der Waals surface area contributed by atoms with E-state index in [0.717, 1.165) is 36.3 Å². The molecule has 5 rings (SSSR count). The summed E-state index contributed by atoms with van der Waals surface area (Å²) < 4.78 is 0. The van der Waals surface area contributed by atoms with Gasteiger partial charge in [-0.2, -0.15) is 5.26 Å². The molecule has 0 unspecified atom stereocenters. The first-order valence-corrected chi connectivity index (χ1v) is 10.5. The number of carbonyl (C=O) groups excluding carboxylic acids is 2. The summed E-state index contributed by atoms with van der Waals surface area (Å²) in [5.74, 6) is -0.0451. The number of anilines is 1. The second kappa shape index (κ2) is 7.73. The Hall–Kier alpha value is -3.91. The van der Waals surface area contributed by atoms with E-state index in [1.54, 1.807) is 6.07 Å². The fourth-order valence-corrected chi connectivity index (χ4v) is 4.47. The molecule has 2 aliphatic rings. The zero-order chi connectivity index (χ0) is 21.4. The van der Waals surface area contributed by atoms with Crippen molar-refractivity contribution in [3.63, 3.8) is 0 Å². The predicted octanol–water partition coefficient (Wildman–Crippen LogP) is 4.12. The Morgan fingerprint density at radius 3 is 2.32 bits per heavy atom. The van der Waals surface area contributed by atoms with Crippen LogP contribution in [0.1, 0.15) is 38.3 Å². The van der Waals surface area contributed by atoms with Gasteiger partial charge in [0.1, 0.15) is 0 Å². The van der Waals surface area contributed by atoms with Crippen molar-refractivity contribution in [2.24, 2.45) is 0 Å². The Morgan fingerprint density at radius 1 is 0.806 bits per heavy atom. The monoisotopic (exact) mass is 407 g/mol. The third-order valence-corrected chi connectivity index (χ3v) is 6.12. The van der Waals surface area contributed by atoms with E-state index >= 15 is 0 Å². The van der Waals surface area contributed by atoms with Crippen molar-refractivity contribution in [3.05, 3.63) is 89.0 Å². The maximum atomic E-state index is 13.2. The Kier molecular flexibility index (Phi) is 4.76. The normalized spacial score (nSPS) is 15.1. The molecule has 1 amide bonds. The van der Waals surface area contributed by atoms with E-state index in [0.29, 0.717) is 35.3 Å². The highest BCUT2D eigenvalue weighted by Gasteiger charge is 2.28. The van der Waals surface area contributed by atoms with Crippen LogP contribution in [0, 0.1) is 11.3 Å². The van der Waals surface area contributed by atoms with Crippen molar-refractivity contribution < 1.29 is 9.59 Å². The highest BCUT2D eigenvalue weighted by atomic mass is 16.2. The lowest BCUT2D eigenvalue weighted by Crippen LogP contribution is -2.35. The number of nitrogens with zero attached hydrogens (tertiary/aromatic N) is 3. The number of hydrogen-bond donors (Lipinski definition) is 0. The van der Waals surface area contributed by atoms with Crippen LogP contribution in [0.4, 0.5) is 5.69 Å². The van der Waals surface area contributed by atoms with Crippen LogP contribution in [0.3, 0.4) is 0 Å². The summed E-state index contributed by atoms with van der Waals surface area (Å²) in [6, 6.07) is 22.8. The number of fused-ring (bicyclic) bond motifs is 3. The first kappa shape index (κ1) is 19.1. The first-order valence-electron chi connectivity index (χ1n) is 10.5. The maximum Gasteiger partial charge on any atom is 0.253 e. The molecule has 0 saturated carbocycles. The van der Waals surface area contributed by atoms with E-state index in [1.807, 2.05) is 65.6 Å². The van der Waals surface area contributed by atoms with Crippen LogP contribution in [0.5, 0.6) is 0 Å². The quantitative estimate of drug-likeness (QED) is 0.501. The van der Waals surface area contributed by atoms with Crippen molar-refractivity contribution in [1.29, 1.82) is 5.26 Å². The predicted molar refractivity (Wildman–Crippen MR) is 119 cm³/mol. The zero-order valence-electron chi connectivity index (χ0n) is 17.0. The van der Waals surface area contributed by atoms with Gasteiger partial charge in [-0.25, -0.2) is 0 Å². The van der Waals surface area contributed by atoms with Crippen LogP contribution >= 0.6 is 0 Å². The number of hydrogen-bond acceptors (Lipinski definition) is 4. The zero-order valence-corrected chi connectivity index (χ0v) is 17.0. The van der Waals surface area contributed by atoms with Crippen molar-refractivity contribution in [3.8, 4) is 17.2 Å². The largest absolute Gasteiger partial charge is 0.370 e. The summed E-state index contributed by atoms with van der Waals surface area (Å²) in [6.07, 6.45) is 0.862. The molecule has 5 nitrogen and oxygen atoms in total.